The standard InChI is InChI=1S/C14H24N2/c1-5-6-12(3)16(4)10-13-9-11(2)7-8-14(13)15/h7-9,12H,5-6,10,15H2,1-4H3. The van der Waals surface area contributed by atoms with Crippen molar-refractivity contribution in [1.29, 1.82) is 0 Å². The quantitative estimate of drug-likeness (QED) is 0.772. The Bertz CT molecular complexity index is 334. The molecule has 0 heterocycles. The lowest BCUT2D eigenvalue weighted by Gasteiger charge is -2.25. The van der Waals surface area contributed by atoms with Crippen molar-refractivity contribution >= 4 is 5.69 Å². The fourth-order valence-electron chi connectivity index (χ4n) is 1.93. The molecule has 0 spiro atoms. The lowest BCUT2D eigenvalue weighted by Crippen LogP contribution is -2.28. The lowest BCUT2D eigenvalue weighted by molar-refractivity contribution is 0.237. The van der Waals surface area contributed by atoms with E-state index >= 15 is 0 Å². The maximum atomic E-state index is 5.99. The number of nitrogens with zero attached hydrogens (tertiary/aromatic N) is 1. The van der Waals surface area contributed by atoms with Crippen molar-refractivity contribution in [3.63, 3.8) is 0 Å². The van der Waals surface area contributed by atoms with Crippen LogP contribution in [0.1, 0.15) is 37.8 Å². The molecule has 1 atom stereocenters. The van der Waals surface area contributed by atoms with Crippen LogP contribution in [0.4, 0.5) is 5.69 Å². The molecule has 0 aliphatic rings. The minimum absolute atomic E-state index is 0.616. The van der Waals surface area contributed by atoms with E-state index in [9.17, 15) is 0 Å². The predicted molar refractivity (Wildman–Crippen MR) is 71.4 cm³/mol. The van der Waals surface area contributed by atoms with Gasteiger partial charge in [-0.05, 0) is 38.9 Å². The molecule has 1 aromatic carbocycles. The normalized spacial score (nSPS) is 13.1. The third-order valence-electron chi connectivity index (χ3n) is 3.18. The highest BCUT2D eigenvalue weighted by molar-refractivity contribution is 5.48. The highest BCUT2D eigenvalue weighted by Gasteiger charge is 2.10. The summed E-state index contributed by atoms with van der Waals surface area (Å²) in [5, 5.41) is 0. The van der Waals surface area contributed by atoms with Gasteiger partial charge in [-0.25, -0.2) is 0 Å². The van der Waals surface area contributed by atoms with E-state index in [1.54, 1.807) is 0 Å². The number of hydrogen-bond donors (Lipinski definition) is 1. The molecular weight excluding hydrogens is 196 g/mol. The number of rotatable bonds is 5. The van der Waals surface area contributed by atoms with Gasteiger partial charge in [0.25, 0.3) is 0 Å². The number of aryl methyl sites for hydroxylation is 1. The molecule has 1 rings (SSSR count). The van der Waals surface area contributed by atoms with Crippen LogP contribution in [-0.2, 0) is 6.54 Å². The first-order valence-electron chi connectivity index (χ1n) is 6.09. The Labute approximate surface area is 99.5 Å². The van der Waals surface area contributed by atoms with Gasteiger partial charge in [-0.3, -0.25) is 4.90 Å². The molecular formula is C14H24N2. The van der Waals surface area contributed by atoms with E-state index < -0.39 is 0 Å². The molecule has 0 radical (unpaired) electrons. The average molecular weight is 220 g/mol. The van der Waals surface area contributed by atoms with Gasteiger partial charge in [-0.15, -0.1) is 0 Å². The Balaban J connectivity index is 2.68. The predicted octanol–water partition coefficient (Wildman–Crippen LogP) is 3.20. The van der Waals surface area contributed by atoms with Gasteiger partial charge < -0.3 is 5.73 Å². The van der Waals surface area contributed by atoms with Crippen LogP contribution in [0.2, 0.25) is 0 Å². The van der Waals surface area contributed by atoms with E-state index in [-0.39, 0.29) is 0 Å². The maximum Gasteiger partial charge on any atom is 0.0359 e. The Morgan fingerprint density at radius 3 is 2.69 bits per heavy atom. The van der Waals surface area contributed by atoms with E-state index in [1.165, 1.54) is 24.0 Å². The van der Waals surface area contributed by atoms with E-state index in [4.69, 9.17) is 5.73 Å². The van der Waals surface area contributed by atoms with Crippen LogP contribution in [0.25, 0.3) is 0 Å². The van der Waals surface area contributed by atoms with Gasteiger partial charge >= 0.3 is 0 Å². The summed E-state index contributed by atoms with van der Waals surface area (Å²) in [6.07, 6.45) is 2.47. The van der Waals surface area contributed by atoms with Crippen molar-refractivity contribution in [3.05, 3.63) is 29.3 Å². The molecule has 0 saturated carbocycles. The zero-order chi connectivity index (χ0) is 12.1. The monoisotopic (exact) mass is 220 g/mol. The van der Waals surface area contributed by atoms with Crippen LogP contribution in [0.15, 0.2) is 18.2 Å². The second-order valence-electron chi connectivity index (χ2n) is 4.76. The first-order chi connectivity index (χ1) is 7.54. The van der Waals surface area contributed by atoms with Crippen molar-refractivity contribution in [3.8, 4) is 0 Å². The lowest BCUT2D eigenvalue weighted by atomic mass is 10.1. The third kappa shape index (κ3) is 3.53. The molecule has 90 valence electrons. The van der Waals surface area contributed by atoms with E-state index in [0.29, 0.717) is 6.04 Å². The Kier molecular flexibility index (Phi) is 4.81. The van der Waals surface area contributed by atoms with Crippen molar-refractivity contribution in [1.82, 2.24) is 4.90 Å². The molecule has 0 bridgehead atoms. The van der Waals surface area contributed by atoms with Gasteiger partial charge in [0.05, 0.1) is 0 Å². The van der Waals surface area contributed by atoms with E-state index in [2.05, 4.69) is 44.9 Å². The van der Waals surface area contributed by atoms with Gasteiger partial charge in [-0.1, -0.05) is 31.0 Å². The molecule has 1 aromatic rings. The summed E-state index contributed by atoms with van der Waals surface area (Å²) in [4.78, 5) is 2.37. The minimum Gasteiger partial charge on any atom is -0.398 e. The molecule has 0 saturated heterocycles. The van der Waals surface area contributed by atoms with E-state index in [0.717, 1.165) is 12.2 Å². The zero-order valence-electron chi connectivity index (χ0n) is 11.0. The van der Waals surface area contributed by atoms with Crippen molar-refractivity contribution < 1.29 is 0 Å². The number of hydrogen-bond acceptors (Lipinski definition) is 2. The van der Waals surface area contributed by atoms with Crippen molar-refractivity contribution in [2.75, 3.05) is 12.8 Å². The molecule has 0 amide bonds. The minimum atomic E-state index is 0.616. The summed E-state index contributed by atoms with van der Waals surface area (Å²) in [5.74, 6) is 0. The van der Waals surface area contributed by atoms with Crippen LogP contribution in [0.5, 0.6) is 0 Å². The van der Waals surface area contributed by atoms with Crippen LogP contribution < -0.4 is 5.73 Å². The highest BCUT2D eigenvalue weighted by atomic mass is 15.1. The first kappa shape index (κ1) is 13.0. The van der Waals surface area contributed by atoms with Gasteiger partial charge in [0.1, 0.15) is 0 Å². The molecule has 2 N–H and O–H groups in total. The van der Waals surface area contributed by atoms with Gasteiger partial charge in [-0.2, -0.15) is 0 Å². The molecule has 1 unspecified atom stereocenters. The Hall–Kier alpha value is -1.02. The molecule has 16 heavy (non-hydrogen) atoms. The molecule has 0 aromatic heterocycles. The average Bonchev–Trinajstić information content (AvgIpc) is 2.23. The highest BCUT2D eigenvalue weighted by Crippen LogP contribution is 2.17. The molecule has 0 fully saturated rings. The first-order valence-corrected chi connectivity index (χ1v) is 6.09. The molecule has 2 heteroatoms. The largest absolute Gasteiger partial charge is 0.398 e. The fraction of sp³-hybridized carbons (Fsp3) is 0.571. The van der Waals surface area contributed by atoms with Gasteiger partial charge in [0, 0.05) is 18.3 Å². The summed E-state index contributed by atoms with van der Waals surface area (Å²) in [5.41, 5.74) is 9.41. The molecule has 2 nitrogen and oxygen atoms in total. The van der Waals surface area contributed by atoms with Crippen LogP contribution >= 0.6 is 0 Å². The maximum absolute atomic E-state index is 5.99. The Morgan fingerprint density at radius 2 is 2.06 bits per heavy atom. The third-order valence-corrected chi connectivity index (χ3v) is 3.18. The van der Waals surface area contributed by atoms with Gasteiger partial charge in [0.2, 0.25) is 0 Å². The number of nitrogen functional groups attached to an aromatic ring is 1. The van der Waals surface area contributed by atoms with Gasteiger partial charge in [0.15, 0.2) is 0 Å². The summed E-state index contributed by atoms with van der Waals surface area (Å²) < 4.78 is 0. The molecule has 0 aliphatic carbocycles. The second-order valence-corrected chi connectivity index (χ2v) is 4.76. The topological polar surface area (TPSA) is 29.3 Å². The summed E-state index contributed by atoms with van der Waals surface area (Å²) in [6, 6.07) is 6.87. The summed E-state index contributed by atoms with van der Waals surface area (Å²) in [7, 11) is 2.17. The number of benzene rings is 1. The SMILES string of the molecule is CCCC(C)N(C)Cc1cc(C)ccc1N. The van der Waals surface area contributed by atoms with Crippen molar-refractivity contribution in [2.24, 2.45) is 0 Å². The summed E-state index contributed by atoms with van der Waals surface area (Å²) in [6.45, 7) is 7.55. The summed E-state index contributed by atoms with van der Waals surface area (Å²) >= 11 is 0. The smallest absolute Gasteiger partial charge is 0.0359 e. The Morgan fingerprint density at radius 1 is 1.38 bits per heavy atom. The van der Waals surface area contributed by atoms with Crippen LogP contribution in [-0.4, -0.2) is 18.0 Å². The molecule has 0 aliphatic heterocycles. The fourth-order valence-corrected chi connectivity index (χ4v) is 1.93. The van der Waals surface area contributed by atoms with E-state index in [1.807, 2.05) is 6.07 Å². The second kappa shape index (κ2) is 5.90. The van der Waals surface area contributed by atoms with Crippen molar-refractivity contribution in [2.45, 2.75) is 46.2 Å². The zero-order valence-corrected chi connectivity index (χ0v) is 11.0. The number of anilines is 1. The number of nitrogens with two attached hydrogens (primary N) is 1. The van der Waals surface area contributed by atoms with Crippen LogP contribution in [0, 0.1) is 6.92 Å². The van der Waals surface area contributed by atoms with Crippen LogP contribution in [0.3, 0.4) is 0 Å².